The topological polar surface area (TPSA) is 84.3 Å². The fourth-order valence-electron chi connectivity index (χ4n) is 1.34. The fourth-order valence-corrected chi connectivity index (χ4v) is 3.29. The molecule has 0 aliphatic carbocycles. The molecule has 1 fully saturated rings. The first kappa shape index (κ1) is 10.6. The van der Waals surface area contributed by atoms with Crippen LogP contribution in [0.3, 0.4) is 0 Å². The van der Waals surface area contributed by atoms with Crippen LogP contribution in [0.2, 0.25) is 5.32 Å². The van der Waals surface area contributed by atoms with Gasteiger partial charge in [0, 0.05) is 0 Å². The summed E-state index contributed by atoms with van der Waals surface area (Å²) in [5, 5.41) is 9.46. The molecular formula is C8H10N2O4Se. The Morgan fingerprint density at radius 2 is 2.47 bits per heavy atom. The number of hydrogen-bond acceptors (Lipinski definition) is 4. The molecule has 2 rings (SSSR count). The molecule has 0 unspecified atom stereocenters. The van der Waals surface area contributed by atoms with E-state index in [1.807, 2.05) is 0 Å². The van der Waals surface area contributed by atoms with E-state index in [1.165, 1.54) is 16.8 Å². The van der Waals surface area contributed by atoms with Gasteiger partial charge in [0.15, 0.2) is 0 Å². The average Bonchev–Trinajstić information content (AvgIpc) is 2.66. The summed E-state index contributed by atoms with van der Waals surface area (Å²) in [6.45, 7) is -0.0192. The molecule has 2 N–H and O–H groups in total. The van der Waals surface area contributed by atoms with Crippen molar-refractivity contribution in [1.82, 2.24) is 9.55 Å². The van der Waals surface area contributed by atoms with Gasteiger partial charge in [-0.05, 0) is 0 Å². The number of aromatic nitrogens is 2. The molecule has 0 saturated carbocycles. The van der Waals surface area contributed by atoms with E-state index in [2.05, 4.69) is 4.98 Å². The fraction of sp³-hybridized carbons (Fsp3) is 0.500. The van der Waals surface area contributed by atoms with Crippen molar-refractivity contribution in [2.75, 3.05) is 6.61 Å². The summed E-state index contributed by atoms with van der Waals surface area (Å²) in [5.74, 6) is 0. The molecule has 2 heterocycles. The predicted molar refractivity (Wildman–Crippen MR) is 52.9 cm³/mol. The van der Waals surface area contributed by atoms with Crippen LogP contribution in [-0.2, 0) is 4.74 Å². The molecule has 82 valence electrons. The Hall–Kier alpha value is -0.881. The quantitative estimate of drug-likeness (QED) is 0.645. The van der Waals surface area contributed by atoms with Gasteiger partial charge in [0.1, 0.15) is 0 Å². The van der Waals surface area contributed by atoms with Crippen molar-refractivity contribution in [3.63, 3.8) is 0 Å². The van der Waals surface area contributed by atoms with Crippen LogP contribution in [0.15, 0.2) is 21.9 Å². The van der Waals surface area contributed by atoms with Crippen LogP contribution in [0, 0.1) is 0 Å². The van der Waals surface area contributed by atoms with Crippen LogP contribution in [-0.4, -0.2) is 41.2 Å². The van der Waals surface area contributed by atoms with Gasteiger partial charge in [0.05, 0.1) is 0 Å². The Morgan fingerprint density at radius 3 is 3.07 bits per heavy atom. The first-order valence-corrected chi connectivity index (χ1v) is 6.60. The maximum absolute atomic E-state index is 11.4. The Morgan fingerprint density at radius 1 is 1.67 bits per heavy atom. The van der Waals surface area contributed by atoms with Crippen LogP contribution in [0.4, 0.5) is 0 Å². The Balaban J connectivity index is 2.24. The van der Waals surface area contributed by atoms with E-state index in [0.717, 1.165) is 5.32 Å². The molecule has 2 atom stereocenters. The molecular weight excluding hydrogens is 267 g/mol. The second-order valence-electron chi connectivity index (χ2n) is 3.05. The molecule has 0 bridgehead atoms. The molecule has 1 aromatic rings. The molecule has 0 amide bonds. The number of hydrogen-bond donors (Lipinski definition) is 2. The number of nitrogens with zero attached hydrogens (tertiary/aromatic N) is 1. The van der Waals surface area contributed by atoms with Crippen molar-refractivity contribution in [3.05, 3.63) is 33.1 Å². The van der Waals surface area contributed by atoms with Crippen molar-refractivity contribution in [3.8, 4) is 0 Å². The van der Waals surface area contributed by atoms with Crippen LogP contribution in [0.5, 0.6) is 0 Å². The summed E-state index contributed by atoms with van der Waals surface area (Å²) < 4.78 is 6.78. The molecule has 15 heavy (non-hydrogen) atoms. The summed E-state index contributed by atoms with van der Waals surface area (Å²) in [6.07, 6.45) is 1.06. The van der Waals surface area contributed by atoms with E-state index >= 15 is 0 Å². The summed E-state index contributed by atoms with van der Waals surface area (Å²) in [5.41, 5.74) is -0.889. The van der Waals surface area contributed by atoms with Crippen molar-refractivity contribution in [2.24, 2.45) is 0 Å². The van der Waals surface area contributed by atoms with Gasteiger partial charge in [-0.25, -0.2) is 0 Å². The van der Waals surface area contributed by atoms with Gasteiger partial charge < -0.3 is 0 Å². The first-order valence-electron chi connectivity index (χ1n) is 4.40. The van der Waals surface area contributed by atoms with Crippen LogP contribution < -0.4 is 11.2 Å². The van der Waals surface area contributed by atoms with Gasteiger partial charge in [0.25, 0.3) is 0 Å². The van der Waals surface area contributed by atoms with Gasteiger partial charge in [-0.1, -0.05) is 0 Å². The standard InChI is InChI=1S/C8H10N2O4Se/c11-3-7-14-6(4-15-7)10-2-1-5(12)9-8(10)13/h1-2,6-7,11H,3-4H2,(H,9,12,13)/t6-,7-/m0/s1. The van der Waals surface area contributed by atoms with Gasteiger partial charge in [-0.2, -0.15) is 0 Å². The molecule has 1 saturated heterocycles. The number of H-pyrrole nitrogens is 1. The summed E-state index contributed by atoms with van der Waals surface area (Å²) >= 11 is 0.176. The van der Waals surface area contributed by atoms with E-state index in [4.69, 9.17) is 9.84 Å². The van der Waals surface area contributed by atoms with E-state index < -0.39 is 11.2 Å². The number of aliphatic hydroxyl groups is 1. The number of rotatable bonds is 2. The molecule has 7 heteroatoms. The number of nitrogens with one attached hydrogen (secondary N) is 1. The van der Waals surface area contributed by atoms with Crippen LogP contribution in [0.1, 0.15) is 6.23 Å². The monoisotopic (exact) mass is 278 g/mol. The Kier molecular flexibility index (Phi) is 3.06. The van der Waals surface area contributed by atoms with Crippen molar-refractivity contribution < 1.29 is 9.84 Å². The zero-order valence-electron chi connectivity index (χ0n) is 7.75. The van der Waals surface area contributed by atoms with Gasteiger partial charge in [0.2, 0.25) is 0 Å². The normalized spacial score (nSPS) is 25.7. The summed E-state index contributed by atoms with van der Waals surface area (Å²) in [4.78, 5) is 24.4. The number of aliphatic hydroxyl groups excluding tert-OH is 1. The van der Waals surface area contributed by atoms with Crippen LogP contribution in [0.25, 0.3) is 0 Å². The SMILES string of the molecule is O=c1ccn([C@@H]2C[Se][C@@H](CO)O2)c(=O)[nH]1. The van der Waals surface area contributed by atoms with Crippen molar-refractivity contribution >= 4 is 15.0 Å². The number of aromatic amines is 1. The molecule has 1 aliphatic rings. The van der Waals surface area contributed by atoms with E-state index in [0.29, 0.717) is 0 Å². The van der Waals surface area contributed by atoms with Gasteiger partial charge >= 0.3 is 90.6 Å². The van der Waals surface area contributed by atoms with E-state index in [-0.39, 0.29) is 32.8 Å². The van der Waals surface area contributed by atoms with E-state index in [9.17, 15) is 9.59 Å². The van der Waals surface area contributed by atoms with Crippen molar-refractivity contribution in [1.29, 1.82) is 0 Å². The Bertz CT molecular complexity index is 454. The van der Waals surface area contributed by atoms with Crippen molar-refractivity contribution in [2.45, 2.75) is 16.5 Å². The summed E-state index contributed by atoms with van der Waals surface area (Å²) in [6, 6.07) is 1.28. The minimum atomic E-state index is -0.470. The molecule has 1 aromatic heterocycles. The second kappa shape index (κ2) is 4.32. The molecule has 0 aromatic carbocycles. The predicted octanol–water partition coefficient (Wildman–Crippen LogP) is -1.49. The second-order valence-corrected chi connectivity index (χ2v) is 5.56. The maximum atomic E-state index is 11.4. The first-order chi connectivity index (χ1) is 7.20. The third-order valence-electron chi connectivity index (χ3n) is 2.04. The van der Waals surface area contributed by atoms with E-state index in [1.54, 1.807) is 0 Å². The average molecular weight is 277 g/mol. The Labute approximate surface area is 91.0 Å². The molecule has 6 nitrogen and oxygen atoms in total. The molecule has 0 radical (unpaired) electrons. The third-order valence-corrected chi connectivity index (χ3v) is 4.37. The summed E-state index contributed by atoms with van der Waals surface area (Å²) in [7, 11) is 0. The molecule has 0 spiro atoms. The third kappa shape index (κ3) is 2.21. The minimum absolute atomic E-state index is 0.0192. The van der Waals surface area contributed by atoms with Gasteiger partial charge in [-0.15, -0.1) is 0 Å². The zero-order valence-corrected chi connectivity index (χ0v) is 9.46. The zero-order chi connectivity index (χ0) is 10.8. The molecule has 1 aliphatic heterocycles. The number of ether oxygens (including phenoxy) is 1. The van der Waals surface area contributed by atoms with Crippen LogP contribution >= 0.6 is 0 Å². The van der Waals surface area contributed by atoms with Gasteiger partial charge in [-0.3, -0.25) is 0 Å².